The topological polar surface area (TPSA) is 87.7 Å². The molecule has 1 aromatic carbocycles. The van der Waals surface area contributed by atoms with Crippen molar-refractivity contribution in [1.29, 1.82) is 0 Å². The molecule has 2 aliphatic rings. The van der Waals surface area contributed by atoms with Gasteiger partial charge in [-0.1, -0.05) is 30.3 Å². The van der Waals surface area contributed by atoms with Gasteiger partial charge in [0.1, 0.15) is 0 Å². The Kier molecular flexibility index (Phi) is 3.98. The van der Waals surface area contributed by atoms with Crippen molar-refractivity contribution in [2.45, 2.75) is 0 Å². The zero-order valence-corrected chi connectivity index (χ0v) is 17.2. The van der Waals surface area contributed by atoms with Gasteiger partial charge in [-0.3, -0.25) is 9.35 Å². The van der Waals surface area contributed by atoms with E-state index in [0.29, 0.717) is 0 Å². The number of nitrogens with zero attached hydrogens (tertiary/aromatic N) is 4. The minimum absolute atomic E-state index is 0.826. The van der Waals surface area contributed by atoms with Gasteiger partial charge in [-0.05, 0) is 72.3 Å². The first-order chi connectivity index (χ1) is 15.6. The molecule has 32 heavy (non-hydrogen) atoms. The predicted molar refractivity (Wildman–Crippen MR) is 132 cm³/mol. The summed E-state index contributed by atoms with van der Waals surface area (Å²) < 4.78 is 3.34. The number of hydrogen-bond acceptors (Lipinski definition) is 4. The van der Waals surface area contributed by atoms with E-state index in [1.165, 1.54) is 0 Å². The third-order valence-corrected chi connectivity index (χ3v) is 5.71. The van der Waals surface area contributed by atoms with Gasteiger partial charge >= 0.3 is 0 Å². The molecule has 0 saturated carbocycles. The molecule has 154 valence electrons. The molecule has 0 spiro atoms. The van der Waals surface area contributed by atoms with Gasteiger partial charge in [-0.25, -0.2) is 9.97 Å². The Morgan fingerprint density at radius 3 is 1.66 bits per heavy atom. The lowest BCUT2D eigenvalue weighted by Gasteiger charge is -2.00. The molecule has 3 aromatic heterocycles. The maximum Gasteiger partial charge on any atom is 0.0724 e. The molecule has 6 rings (SSSR count). The first-order valence-electron chi connectivity index (χ1n) is 10.3. The van der Waals surface area contributed by atoms with Gasteiger partial charge in [0.05, 0.1) is 44.8 Å². The molecular weight excluding hydrogens is 396 g/mol. The highest BCUT2D eigenvalue weighted by atomic mass is 15.3. The summed E-state index contributed by atoms with van der Waals surface area (Å²) in [6.07, 6.45) is 7.91. The maximum atomic E-state index is 6.57. The molecule has 0 atom stereocenters. The highest BCUT2D eigenvalue weighted by Crippen LogP contribution is 2.29. The van der Waals surface area contributed by atoms with Gasteiger partial charge in [0, 0.05) is 5.56 Å². The highest BCUT2D eigenvalue weighted by Gasteiger charge is 2.10. The van der Waals surface area contributed by atoms with E-state index in [9.17, 15) is 0 Å². The van der Waals surface area contributed by atoms with Crippen LogP contribution in [0.15, 0.2) is 72.8 Å². The van der Waals surface area contributed by atoms with Crippen molar-refractivity contribution in [2.24, 2.45) is 0 Å². The lowest BCUT2D eigenvalue weighted by atomic mass is 10.1. The monoisotopic (exact) mass is 416 g/mol. The van der Waals surface area contributed by atoms with Gasteiger partial charge in [0.25, 0.3) is 0 Å². The van der Waals surface area contributed by atoms with E-state index in [0.717, 1.165) is 56.0 Å². The van der Waals surface area contributed by atoms with Gasteiger partial charge in [0.2, 0.25) is 0 Å². The third-order valence-electron chi connectivity index (χ3n) is 5.71. The minimum atomic E-state index is 0.826. The Hall–Kier alpha value is -4.58. The lowest BCUT2D eigenvalue weighted by molar-refractivity contribution is 1.11. The zero-order valence-electron chi connectivity index (χ0n) is 17.2. The van der Waals surface area contributed by atoms with Crippen LogP contribution in [0.4, 0.5) is 0 Å². The molecule has 0 radical (unpaired) electrons. The van der Waals surface area contributed by atoms with Crippen LogP contribution in [0.5, 0.6) is 0 Å². The van der Waals surface area contributed by atoms with Gasteiger partial charge in [-0.2, -0.15) is 0 Å². The quantitative estimate of drug-likeness (QED) is 0.381. The van der Waals surface area contributed by atoms with Crippen LogP contribution in [0.25, 0.3) is 57.5 Å². The molecule has 0 saturated heterocycles. The normalized spacial score (nSPS) is 12.4. The summed E-state index contributed by atoms with van der Waals surface area (Å²) in [5.74, 6) is 12.9. The highest BCUT2D eigenvalue weighted by molar-refractivity contribution is 5.88. The van der Waals surface area contributed by atoms with Crippen molar-refractivity contribution in [1.82, 2.24) is 19.3 Å². The second-order valence-electron chi connectivity index (χ2n) is 7.82. The number of aromatic nitrogens is 4. The Morgan fingerprint density at radius 2 is 1.06 bits per heavy atom. The number of nitrogens with two attached hydrogens (primary N) is 2. The summed E-state index contributed by atoms with van der Waals surface area (Å²) in [5.41, 5.74) is 8.90. The van der Waals surface area contributed by atoms with E-state index >= 15 is 0 Å². The number of rotatable bonds is 1. The number of hydrogen-bond donors (Lipinski definition) is 2. The predicted octanol–water partition coefficient (Wildman–Crippen LogP) is 4.70. The maximum absolute atomic E-state index is 6.57. The molecule has 0 aliphatic carbocycles. The molecule has 5 heterocycles. The van der Waals surface area contributed by atoms with Crippen LogP contribution < -0.4 is 11.7 Å². The largest absolute Gasteiger partial charge is 0.339 e. The van der Waals surface area contributed by atoms with Crippen LogP contribution in [-0.2, 0) is 0 Å². The standard InChI is InChI=1S/C26H20N6/c27-31-22-10-11-23(31)13-19-8-9-21(30-19)15-26-25(17-4-2-1-3-5-17)16-24(32(26)28)14-20-7-6-18(12-22)29-20/h1-16H,27-28H2. The smallest absolute Gasteiger partial charge is 0.0724 e. The van der Waals surface area contributed by atoms with E-state index in [-0.39, 0.29) is 0 Å². The molecule has 4 aromatic rings. The van der Waals surface area contributed by atoms with E-state index < -0.39 is 0 Å². The van der Waals surface area contributed by atoms with Crippen LogP contribution in [0.2, 0.25) is 0 Å². The fourth-order valence-corrected chi connectivity index (χ4v) is 4.09. The number of benzene rings is 1. The summed E-state index contributed by atoms with van der Waals surface area (Å²) in [5, 5.41) is 0. The summed E-state index contributed by atoms with van der Waals surface area (Å²) >= 11 is 0. The minimum Gasteiger partial charge on any atom is -0.339 e. The Bertz CT molecular complexity index is 1590. The molecule has 6 nitrogen and oxygen atoms in total. The third kappa shape index (κ3) is 3.06. The molecule has 0 unspecified atom stereocenters. The van der Waals surface area contributed by atoms with Gasteiger partial charge < -0.3 is 11.7 Å². The van der Waals surface area contributed by atoms with E-state index in [1.54, 1.807) is 9.35 Å². The van der Waals surface area contributed by atoms with Crippen molar-refractivity contribution in [3.05, 3.63) is 95.6 Å². The zero-order chi connectivity index (χ0) is 21.7. The van der Waals surface area contributed by atoms with Crippen molar-refractivity contribution in [2.75, 3.05) is 11.7 Å². The fraction of sp³-hybridized carbons (Fsp3) is 0. The fourth-order valence-electron chi connectivity index (χ4n) is 4.09. The summed E-state index contributed by atoms with van der Waals surface area (Å²) in [6, 6.07) is 24.2. The summed E-state index contributed by atoms with van der Waals surface area (Å²) in [6.45, 7) is 0. The number of nitrogen functional groups attached to an aromatic ring is 2. The van der Waals surface area contributed by atoms with Crippen molar-refractivity contribution in [3.8, 4) is 11.1 Å². The average molecular weight is 416 g/mol. The van der Waals surface area contributed by atoms with Gasteiger partial charge in [-0.15, -0.1) is 0 Å². The summed E-state index contributed by atoms with van der Waals surface area (Å²) in [4.78, 5) is 9.48. The van der Waals surface area contributed by atoms with E-state index in [4.69, 9.17) is 21.7 Å². The molecule has 8 bridgehead atoms. The molecule has 0 amide bonds. The Labute approximate surface area is 184 Å². The number of fused-ring (bicyclic) bond motifs is 8. The van der Waals surface area contributed by atoms with Crippen LogP contribution in [-0.4, -0.2) is 19.3 Å². The van der Waals surface area contributed by atoms with Crippen LogP contribution in [0, 0.1) is 0 Å². The van der Waals surface area contributed by atoms with Crippen LogP contribution in [0.1, 0.15) is 22.8 Å². The van der Waals surface area contributed by atoms with Crippen molar-refractivity contribution < 1.29 is 0 Å². The van der Waals surface area contributed by atoms with Crippen molar-refractivity contribution >= 4 is 46.4 Å². The van der Waals surface area contributed by atoms with Crippen LogP contribution >= 0.6 is 0 Å². The molecule has 2 aliphatic heterocycles. The second kappa shape index (κ2) is 6.99. The second-order valence-corrected chi connectivity index (χ2v) is 7.82. The summed E-state index contributed by atoms with van der Waals surface area (Å²) in [7, 11) is 0. The first kappa shape index (κ1) is 18.2. The first-order valence-corrected chi connectivity index (χ1v) is 10.3. The lowest BCUT2D eigenvalue weighted by Crippen LogP contribution is -2.06. The average Bonchev–Trinajstić information content (AvgIpc) is 3.57. The molecule has 0 fully saturated rings. The van der Waals surface area contributed by atoms with Gasteiger partial charge in [0.15, 0.2) is 0 Å². The molecule has 4 N–H and O–H groups in total. The van der Waals surface area contributed by atoms with E-state index in [2.05, 4.69) is 18.2 Å². The molecular formula is C26H20N6. The SMILES string of the molecule is Nn1c2ccc1cc1nc(cc3c(-c4ccccc4)cc(cc4nc(c2)C=C4)n3N)C=C1. The van der Waals surface area contributed by atoms with Crippen LogP contribution in [0.3, 0.4) is 0 Å². The Balaban J connectivity index is 1.74. The van der Waals surface area contributed by atoms with E-state index in [1.807, 2.05) is 78.9 Å². The Morgan fingerprint density at radius 1 is 0.531 bits per heavy atom. The van der Waals surface area contributed by atoms with Crippen molar-refractivity contribution in [3.63, 3.8) is 0 Å². The molecule has 6 heteroatoms.